The molecule has 0 spiro atoms. The van der Waals surface area contributed by atoms with Crippen LogP contribution in [-0.2, 0) is 0 Å². The van der Waals surface area contributed by atoms with Gasteiger partial charge in [0.25, 0.3) is 0 Å². The molecule has 0 saturated carbocycles. The third kappa shape index (κ3) is 4.69. The number of aliphatic hydroxyl groups is 1. The Bertz CT molecular complexity index is 923. The van der Waals surface area contributed by atoms with Crippen molar-refractivity contribution in [3.63, 3.8) is 0 Å². The summed E-state index contributed by atoms with van der Waals surface area (Å²) >= 11 is 0. The number of hydrogen-bond donors (Lipinski definition) is 1. The molecule has 0 saturated heterocycles. The molecule has 0 fully saturated rings. The van der Waals surface area contributed by atoms with Crippen LogP contribution in [0, 0.1) is 34.0 Å². The van der Waals surface area contributed by atoms with E-state index < -0.39 is 0 Å². The van der Waals surface area contributed by atoms with Crippen LogP contribution in [0.5, 0.6) is 0 Å². The highest BCUT2D eigenvalue weighted by Crippen LogP contribution is 2.12. The summed E-state index contributed by atoms with van der Waals surface area (Å²) in [6, 6.07) is 12.7. The van der Waals surface area contributed by atoms with Crippen molar-refractivity contribution in [2.75, 3.05) is 13.2 Å². The molecule has 1 aliphatic rings. The Morgan fingerprint density at radius 1 is 0.960 bits per heavy atom. The molecule has 1 aromatic rings. The Balaban J connectivity index is 2.33. The number of nitriles is 3. The van der Waals surface area contributed by atoms with Crippen LogP contribution < -0.4 is 10.4 Å². The number of aliphatic hydroxyl groups excluding tert-OH is 1. The van der Waals surface area contributed by atoms with Crippen molar-refractivity contribution in [2.24, 2.45) is 0 Å². The third-order valence-corrected chi connectivity index (χ3v) is 3.63. The maximum absolute atomic E-state index is 9.42. The smallest absolute Gasteiger partial charge is 0.136 e. The van der Waals surface area contributed by atoms with Gasteiger partial charge in [-0.1, -0.05) is 24.3 Å². The molecule has 0 unspecified atom stereocenters. The summed E-state index contributed by atoms with van der Waals surface area (Å²) < 4.78 is 0. The summed E-state index contributed by atoms with van der Waals surface area (Å²) in [5, 5.41) is 37.3. The maximum Gasteiger partial charge on any atom is 0.136 e. The lowest BCUT2D eigenvalue weighted by atomic mass is 10.1. The van der Waals surface area contributed by atoms with Gasteiger partial charge < -0.3 is 10.0 Å². The van der Waals surface area contributed by atoms with Gasteiger partial charge in [0, 0.05) is 30.8 Å². The van der Waals surface area contributed by atoms with Crippen molar-refractivity contribution in [3.05, 3.63) is 70.9 Å². The molecule has 5 heteroatoms. The number of nitrogens with zero attached hydrogens (tertiary/aromatic N) is 4. The van der Waals surface area contributed by atoms with Crippen LogP contribution in [0.4, 0.5) is 0 Å². The Labute approximate surface area is 146 Å². The quantitative estimate of drug-likeness (QED) is 0.896. The van der Waals surface area contributed by atoms with E-state index >= 15 is 0 Å². The second-order valence-corrected chi connectivity index (χ2v) is 5.29. The van der Waals surface area contributed by atoms with Crippen LogP contribution in [-0.4, -0.2) is 23.2 Å². The molecule has 122 valence electrons. The molecule has 1 heterocycles. The van der Waals surface area contributed by atoms with Crippen LogP contribution in [0.15, 0.2) is 60.5 Å². The minimum Gasteiger partial charge on any atom is -0.396 e. The van der Waals surface area contributed by atoms with Gasteiger partial charge in [-0.15, -0.1) is 0 Å². The summed E-state index contributed by atoms with van der Waals surface area (Å²) in [5.74, 6) is 0. The summed E-state index contributed by atoms with van der Waals surface area (Å²) in [4.78, 5) is 1.97. The second kappa shape index (κ2) is 8.89. The van der Waals surface area contributed by atoms with Gasteiger partial charge in [0.2, 0.25) is 0 Å². The van der Waals surface area contributed by atoms with Crippen LogP contribution in [0.3, 0.4) is 0 Å². The van der Waals surface area contributed by atoms with E-state index in [4.69, 9.17) is 15.6 Å². The average Bonchev–Trinajstić information content (AvgIpc) is 2.67. The summed E-state index contributed by atoms with van der Waals surface area (Å²) in [6.07, 6.45) is 10.1. The van der Waals surface area contributed by atoms with Crippen molar-refractivity contribution < 1.29 is 5.11 Å². The van der Waals surface area contributed by atoms with E-state index in [-0.39, 0.29) is 12.2 Å². The molecule has 0 atom stereocenters. The largest absolute Gasteiger partial charge is 0.396 e. The van der Waals surface area contributed by atoms with E-state index in [9.17, 15) is 5.26 Å². The molecular weight excluding hydrogens is 312 g/mol. The van der Waals surface area contributed by atoms with E-state index in [0.717, 1.165) is 17.3 Å². The van der Waals surface area contributed by atoms with E-state index in [1.165, 1.54) is 0 Å². The minimum absolute atomic E-state index is 0.0459. The maximum atomic E-state index is 9.42. The second-order valence-electron chi connectivity index (χ2n) is 5.29. The van der Waals surface area contributed by atoms with Crippen molar-refractivity contribution in [3.8, 4) is 18.2 Å². The first kappa shape index (κ1) is 17.8. The van der Waals surface area contributed by atoms with Crippen molar-refractivity contribution >= 4 is 11.1 Å². The lowest BCUT2D eigenvalue weighted by molar-refractivity contribution is 0.274. The molecular formula is C20H16N4O. The molecule has 1 N–H and O–H groups in total. The lowest BCUT2D eigenvalue weighted by Gasteiger charge is -2.17. The molecule has 0 aliphatic carbocycles. The molecule has 1 aromatic carbocycles. The monoisotopic (exact) mass is 328 g/mol. The molecule has 0 amide bonds. The number of rotatable bonds is 4. The number of hydrogen-bond acceptors (Lipinski definition) is 5. The lowest BCUT2D eigenvalue weighted by Crippen LogP contribution is -2.14. The van der Waals surface area contributed by atoms with Gasteiger partial charge in [0.15, 0.2) is 0 Å². The van der Waals surface area contributed by atoms with Crippen LogP contribution in [0.25, 0.3) is 11.1 Å². The molecule has 1 aliphatic heterocycles. The molecule has 25 heavy (non-hydrogen) atoms. The van der Waals surface area contributed by atoms with E-state index in [1.54, 1.807) is 30.3 Å². The van der Waals surface area contributed by atoms with Gasteiger partial charge in [-0.3, -0.25) is 0 Å². The highest BCUT2D eigenvalue weighted by Gasteiger charge is 2.02. The van der Waals surface area contributed by atoms with Crippen LogP contribution in [0.2, 0.25) is 0 Å². The van der Waals surface area contributed by atoms with Gasteiger partial charge in [0.05, 0.1) is 11.6 Å². The predicted molar refractivity (Wildman–Crippen MR) is 94.1 cm³/mol. The molecule has 0 radical (unpaired) electrons. The minimum atomic E-state index is 0.0459. The summed E-state index contributed by atoms with van der Waals surface area (Å²) in [5.41, 5.74) is 1.43. The predicted octanol–water partition coefficient (Wildman–Crippen LogP) is 1.21. The Kier molecular flexibility index (Phi) is 6.32. The van der Waals surface area contributed by atoms with Crippen LogP contribution in [0.1, 0.15) is 6.42 Å². The van der Waals surface area contributed by atoms with Gasteiger partial charge in [0.1, 0.15) is 17.7 Å². The topological polar surface area (TPSA) is 94.8 Å². The Morgan fingerprint density at radius 3 is 2.08 bits per heavy atom. The zero-order valence-corrected chi connectivity index (χ0v) is 13.6. The van der Waals surface area contributed by atoms with Crippen molar-refractivity contribution in [2.45, 2.75) is 6.42 Å². The van der Waals surface area contributed by atoms with Gasteiger partial charge in [-0.25, -0.2) is 0 Å². The molecule has 5 nitrogen and oxygen atoms in total. The fourth-order valence-electron chi connectivity index (χ4n) is 2.28. The fraction of sp³-hybridized carbons (Fsp3) is 0.150. The van der Waals surface area contributed by atoms with Gasteiger partial charge in [-0.2, -0.15) is 15.8 Å². The van der Waals surface area contributed by atoms with Crippen molar-refractivity contribution in [1.29, 1.82) is 15.8 Å². The number of allylic oxidation sites excluding steroid dienone is 4. The third-order valence-electron chi connectivity index (χ3n) is 3.63. The van der Waals surface area contributed by atoms with E-state index in [2.05, 4.69) is 6.07 Å². The first-order chi connectivity index (χ1) is 12.2. The fourth-order valence-corrected chi connectivity index (χ4v) is 2.28. The summed E-state index contributed by atoms with van der Waals surface area (Å²) in [7, 11) is 0. The Hall–Kier alpha value is -3.59. The van der Waals surface area contributed by atoms with Crippen molar-refractivity contribution in [1.82, 2.24) is 4.90 Å². The highest BCUT2D eigenvalue weighted by atomic mass is 16.3. The first-order valence-electron chi connectivity index (χ1n) is 7.71. The standard InChI is InChI=1S/C20H16N4O/c21-13-19(12-16-6-9-24(10-7-16)8-1-11-25)17-2-4-18(5-3-17)20(14-22)15-23/h2-7,9-10,12,25H,1,8,11H2. The van der Waals surface area contributed by atoms with E-state index in [0.29, 0.717) is 17.2 Å². The molecule has 0 aromatic heterocycles. The zero-order valence-electron chi connectivity index (χ0n) is 13.6. The average molecular weight is 328 g/mol. The number of benzene rings is 1. The Morgan fingerprint density at radius 2 is 1.56 bits per heavy atom. The first-order valence-corrected chi connectivity index (χ1v) is 7.71. The zero-order chi connectivity index (χ0) is 18.1. The SMILES string of the molecule is N#CC(C#N)=c1ccc(=C(C#N)C=C2C=CN(CCCO)C=C2)cc1. The van der Waals surface area contributed by atoms with E-state index in [1.807, 2.05) is 41.6 Å². The molecule has 0 bridgehead atoms. The van der Waals surface area contributed by atoms with Gasteiger partial charge in [-0.05, 0) is 35.4 Å². The highest BCUT2D eigenvalue weighted by molar-refractivity contribution is 5.74. The summed E-state index contributed by atoms with van der Waals surface area (Å²) in [6.45, 7) is 0.893. The normalized spacial score (nSPS) is 12.1. The van der Waals surface area contributed by atoms with Gasteiger partial charge >= 0.3 is 0 Å². The molecule has 2 rings (SSSR count). The van der Waals surface area contributed by atoms with Crippen LogP contribution >= 0.6 is 0 Å².